The Kier molecular flexibility index (Phi) is 17.5. The summed E-state index contributed by atoms with van der Waals surface area (Å²) < 4.78 is 0. The maximum absolute atomic E-state index is 4.52. The lowest BCUT2D eigenvalue weighted by Crippen LogP contribution is -2.17. The molecule has 1 atom stereocenters. The smallest absolute Gasteiger partial charge is 0.0217 e. The Bertz CT molecular complexity index is 210. The number of nitrogens with zero attached hydrogens (tertiary/aromatic N) is 1. The van der Waals surface area contributed by atoms with E-state index in [1.54, 1.807) is 0 Å². The van der Waals surface area contributed by atoms with Crippen molar-refractivity contribution in [2.45, 2.75) is 110 Å². The third-order valence-electron chi connectivity index (χ3n) is 4.13. The third kappa shape index (κ3) is 17.6. The van der Waals surface area contributed by atoms with Gasteiger partial charge in [0.15, 0.2) is 0 Å². The molecule has 0 aliphatic heterocycles. The normalized spacial score (nSPS) is 13.1. The molecule has 0 heterocycles. The molecule has 1 unspecified atom stereocenters. The number of allylic oxidation sites excluding steroid dienone is 2. The van der Waals surface area contributed by atoms with E-state index in [1.165, 1.54) is 83.5 Å². The molecule has 0 amide bonds. The Labute approximate surface area is 135 Å². The summed E-state index contributed by atoms with van der Waals surface area (Å²) >= 11 is 0. The van der Waals surface area contributed by atoms with Crippen molar-refractivity contribution in [3.8, 4) is 0 Å². The highest BCUT2D eigenvalue weighted by Gasteiger charge is 2.00. The highest BCUT2D eigenvalue weighted by Crippen LogP contribution is 2.12. The summed E-state index contributed by atoms with van der Waals surface area (Å²) in [7, 11) is 0. The zero-order valence-corrected chi connectivity index (χ0v) is 15.1. The minimum absolute atomic E-state index is 0.584. The van der Waals surface area contributed by atoms with Gasteiger partial charge >= 0.3 is 0 Å². The summed E-state index contributed by atoms with van der Waals surface area (Å²) in [5.74, 6) is 0. The fourth-order valence-corrected chi connectivity index (χ4v) is 2.72. The zero-order chi connectivity index (χ0) is 15.6. The van der Waals surface area contributed by atoms with Crippen LogP contribution < -0.4 is 5.32 Å². The number of rotatable bonds is 16. The fraction of sp³-hybridized carbons (Fsp3) is 0.900. The van der Waals surface area contributed by atoms with Crippen molar-refractivity contribution in [1.82, 2.24) is 5.32 Å². The van der Waals surface area contributed by atoms with Gasteiger partial charge in [0.2, 0.25) is 0 Å². The predicted molar refractivity (Wildman–Crippen MR) is 97.0 cm³/mol. The molecule has 0 aromatic rings. The first-order chi connectivity index (χ1) is 10.3. The van der Waals surface area contributed by atoms with Crippen LogP contribution in [0.5, 0.6) is 0 Å². The van der Waals surface area contributed by atoms with Crippen molar-refractivity contribution >= 4 is 0 Å². The van der Waals surface area contributed by atoms with Gasteiger partial charge in [-0.2, -0.15) is 0 Å². The molecule has 0 N–H and O–H groups in total. The van der Waals surface area contributed by atoms with Crippen molar-refractivity contribution in [2.24, 2.45) is 0 Å². The topological polar surface area (TPSA) is 14.1 Å². The molecule has 0 aliphatic rings. The van der Waals surface area contributed by atoms with Crippen LogP contribution in [0.3, 0.4) is 0 Å². The van der Waals surface area contributed by atoms with E-state index in [-0.39, 0.29) is 0 Å². The highest BCUT2D eigenvalue weighted by atomic mass is 14.9. The van der Waals surface area contributed by atoms with E-state index in [2.05, 4.69) is 38.2 Å². The molecule has 1 nitrogen and oxygen atoms in total. The summed E-state index contributed by atoms with van der Waals surface area (Å²) in [5, 5.41) is 4.52. The van der Waals surface area contributed by atoms with Crippen LogP contribution in [0.25, 0.3) is 0 Å². The Morgan fingerprint density at radius 1 is 0.714 bits per heavy atom. The standard InChI is InChI=1S/C20H40N/c1-4-6-7-8-9-10-11-12-13-14-15-16-17-18-19-20(3)21-5-2/h8-9,20H,4-7,10-19H2,1-3H3. The molecule has 1 heteroatoms. The molecule has 1 radical (unpaired) electrons. The minimum Gasteiger partial charge on any atom is -0.239 e. The molecule has 0 rings (SSSR count). The van der Waals surface area contributed by atoms with Crippen LogP contribution in [-0.4, -0.2) is 12.6 Å². The summed E-state index contributed by atoms with van der Waals surface area (Å²) in [6, 6.07) is 0.584. The number of unbranched alkanes of at least 4 members (excludes halogenated alkanes) is 10. The monoisotopic (exact) mass is 294 g/mol. The molecular formula is C20H40N. The van der Waals surface area contributed by atoms with Crippen molar-refractivity contribution in [2.75, 3.05) is 6.54 Å². The average Bonchev–Trinajstić information content (AvgIpc) is 2.48. The van der Waals surface area contributed by atoms with Gasteiger partial charge in [0, 0.05) is 12.6 Å². The molecular weight excluding hydrogens is 254 g/mol. The Hall–Kier alpha value is -0.300. The largest absolute Gasteiger partial charge is 0.239 e. The lowest BCUT2D eigenvalue weighted by molar-refractivity contribution is 0.479. The third-order valence-corrected chi connectivity index (χ3v) is 4.13. The first-order valence-electron chi connectivity index (χ1n) is 9.62. The second-order valence-corrected chi connectivity index (χ2v) is 6.37. The maximum Gasteiger partial charge on any atom is 0.0217 e. The quantitative estimate of drug-likeness (QED) is 0.223. The summed E-state index contributed by atoms with van der Waals surface area (Å²) in [6.45, 7) is 7.63. The van der Waals surface area contributed by atoms with Gasteiger partial charge in [-0.25, -0.2) is 5.32 Å². The summed E-state index contributed by atoms with van der Waals surface area (Å²) in [5.41, 5.74) is 0. The van der Waals surface area contributed by atoms with Crippen LogP contribution in [0.4, 0.5) is 0 Å². The second-order valence-electron chi connectivity index (χ2n) is 6.37. The van der Waals surface area contributed by atoms with Crippen LogP contribution in [-0.2, 0) is 0 Å². The average molecular weight is 295 g/mol. The minimum atomic E-state index is 0.584. The Morgan fingerprint density at radius 2 is 1.24 bits per heavy atom. The van der Waals surface area contributed by atoms with E-state index in [0.29, 0.717) is 6.04 Å². The van der Waals surface area contributed by atoms with Crippen molar-refractivity contribution in [3.63, 3.8) is 0 Å². The number of hydrogen-bond donors (Lipinski definition) is 0. The lowest BCUT2D eigenvalue weighted by atomic mass is 10.0. The zero-order valence-electron chi connectivity index (χ0n) is 15.1. The molecule has 0 aromatic heterocycles. The van der Waals surface area contributed by atoms with Crippen LogP contribution in [0.2, 0.25) is 0 Å². The van der Waals surface area contributed by atoms with Crippen molar-refractivity contribution in [3.05, 3.63) is 12.2 Å². The predicted octanol–water partition coefficient (Wildman–Crippen LogP) is 6.65. The van der Waals surface area contributed by atoms with E-state index in [9.17, 15) is 0 Å². The van der Waals surface area contributed by atoms with Gasteiger partial charge in [0.25, 0.3) is 0 Å². The molecule has 21 heavy (non-hydrogen) atoms. The first kappa shape index (κ1) is 20.7. The van der Waals surface area contributed by atoms with Crippen molar-refractivity contribution < 1.29 is 0 Å². The molecule has 125 valence electrons. The van der Waals surface area contributed by atoms with Gasteiger partial charge in [0.1, 0.15) is 0 Å². The SMILES string of the molecule is CCCCC=CCCCCCCCCCCC(C)[N]CC. The maximum atomic E-state index is 4.52. The highest BCUT2D eigenvalue weighted by molar-refractivity contribution is 4.81. The van der Waals surface area contributed by atoms with E-state index in [1.807, 2.05) is 0 Å². The fourth-order valence-electron chi connectivity index (χ4n) is 2.72. The van der Waals surface area contributed by atoms with Gasteiger partial charge in [-0.3, -0.25) is 0 Å². The Balaban J connectivity index is 3.07. The van der Waals surface area contributed by atoms with Gasteiger partial charge < -0.3 is 0 Å². The Morgan fingerprint density at radius 3 is 1.81 bits per heavy atom. The second kappa shape index (κ2) is 17.8. The van der Waals surface area contributed by atoms with Crippen LogP contribution in [0, 0.1) is 0 Å². The van der Waals surface area contributed by atoms with Crippen LogP contribution >= 0.6 is 0 Å². The molecule has 0 bridgehead atoms. The summed E-state index contributed by atoms with van der Waals surface area (Å²) in [6.07, 6.45) is 22.6. The molecule has 0 aliphatic carbocycles. The molecule has 0 spiro atoms. The van der Waals surface area contributed by atoms with Crippen LogP contribution in [0.1, 0.15) is 104 Å². The van der Waals surface area contributed by atoms with E-state index >= 15 is 0 Å². The van der Waals surface area contributed by atoms with Gasteiger partial charge in [-0.15, -0.1) is 0 Å². The first-order valence-corrected chi connectivity index (χ1v) is 9.62. The molecule has 0 saturated heterocycles. The van der Waals surface area contributed by atoms with E-state index in [4.69, 9.17) is 0 Å². The van der Waals surface area contributed by atoms with Gasteiger partial charge in [-0.05, 0) is 32.6 Å². The van der Waals surface area contributed by atoms with Crippen LogP contribution in [0.15, 0.2) is 12.2 Å². The van der Waals surface area contributed by atoms with E-state index in [0.717, 1.165) is 6.54 Å². The van der Waals surface area contributed by atoms with Gasteiger partial charge in [-0.1, -0.05) is 83.8 Å². The lowest BCUT2D eigenvalue weighted by Gasteiger charge is -2.09. The van der Waals surface area contributed by atoms with Gasteiger partial charge in [0.05, 0.1) is 0 Å². The van der Waals surface area contributed by atoms with E-state index < -0.39 is 0 Å². The number of hydrogen-bond acceptors (Lipinski definition) is 0. The van der Waals surface area contributed by atoms with Crippen molar-refractivity contribution in [1.29, 1.82) is 0 Å². The molecule has 0 aromatic carbocycles. The summed E-state index contributed by atoms with van der Waals surface area (Å²) in [4.78, 5) is 0. The molecule has 0 fully saturated rings. The molecule has 0 saturated carbocycles.